The average molecular weight is 511 g/mol. The summed E-state index contributed by atoms with van der Waals surface area (Å²) in [4.78, 5) is 3.75. The van der Waals surface area contributed by atoms with Gasteiger partial charge in [-0.3, -0.25) is 0 Å². The van der Waals surface area contributed by atoms with E-state index in [0.717, 1.165) is 26.7 Å². The van der Waals surface area contributed by atoms with Crippen molar-refractivity contribution < 1.29 is 0 Å². The Kier molecular flexibility index (Phi) is 4.55. The SMILES string of the molecule is Brc1ccc2[nH]c3c(ccc4c3c(-c3ccccc3)c(-c3ccccc3)n4C3=CC=C=C=C3)c2c1. The summed E-state index contributed by atoms with van der Waals surface area (Å²) in [7, 11) is 0. The minimum Gasteiger partial charge on any atom is -0.354 e. The Balaban J connectivity index is 1.73. The highest BCUT2D eigenvalue weighted by Crippen LogP contribution is 2.46. The lowest BCUT2D eigenvalue weighted by molar-refractivity contribution is 1.19. The molecule has 1 N–H and O–H groups in total. The van der Waals surface area contributed by atoms with Crippen LogP contribution in [-0.2, 0) is 0 Å². The third-order valence-electron chi connectivity index (χ3n) is 6.67. The number of nitrogens with zero attached hydrogens (tertiary/aromatic N) is 1. The molecule has 0 radical (unpaired) electrons. The molecule has 1 aliphatic carbocycles. The van der Waals surface area contributed by atoms with E-state index in [1.54, 1.807) is 0 Å². The van der Waals surface area contributed by atoms with Crippen LogP contribution in [0.2, 0.25) is 0 Å². The van der Waals surface area contributed by atoms with E-state index in [1.165, 1.54) is 38.5 Å². The second kappa shape index (κ2) is 7.91. The Hall–Kier alpha value is -4.26. The molecule has 2 heterocycles. The Bertz CT molecular complexity index is 1900. The van der Waals surface area contributed by atoms with E-state index in [0.29, 0.717) is 0 Å². The van der Waals surface area contributed by atoms with Crippen LogP contribution in [0.25, 0.3) is 60.8 Å². The lowest BCUT2D eigenvalue weighted by Crippen LogP contribution is -1.98. The van der Waals surface area contributed by atoms with Gasteiger partial charge in [0, 0.05) is 37.8 Å². The molecule has 1 aliphatic rings. The van der Waals surface area contributed by atoms with E-state index in [1.807, 2.05) is 12.2 Å². The van der Waals surface area contributed by atoms with Crippen molar-refractivity contribution in [1.82, 2.24) is 9.55 Å². The van der Waals surface area contributed by atoms with Crippen LogP contribution in [0, 0.1) is 0 Å². The van der Waals surface area contributed by atoms with E-state index in [-0.39, 0.29) is 0 Å². The van der Waals surface area contributed by atoms with E-state index in [4.69, 9.17) is 0 Å². The molecule has 35 heavy (non-hydrogen) atoms. The number of benzene rings is 4. The van der Waals surface area contributed by atoms with Crippen LogP contribution >= 0.6 is 15.9 Å². The lowest BCUT2D eigenvalue weighted by Gasteiger charge is -2.14. The van der Waals surface area contributed by atoms with Gasteiger partial charge in [-0.05, 0) is 47.5 Å². The van der Waals surface area contributed by atoms with Gasteiger partial charge in [0.2, 0.25) is 0 Å². The summed E-state index contributed by atoms with van der Waals surface area (Å²) in [5, 5.41) is 3.65. The predicted octanol–water partition coefficient (Wildman–Crippen LogP) is 9.09. The monoisotopic (exact) mass is 510 g/mol. The van der Waals surface area contributed by atoms with Crippen LogP contribution in [0.1, 0.15) is 0 Å². The van der Waals surface area contributed by atoms with Crippen molar-refractivity contribution in [3.63, 3.8) is 0 Å². The van der Waals surface area contributed by atoms with Gasteiger partial charge >= 0.3 is 0 Å². The molecular weight excluding hydrogens is 492 g/mol. The summed E-state index contributed by atoms with van der Waals surface area (Å²) in [6, 6.07) is 32.3. The van der Waals surface area contributed by atoms with Crippen molar-refractivity contribution >= 4 is 54.3 Å². The Morgan fingerprint density at radius 3 is 2.26 bits per heavy atom. The molecule has 0 atom stereocenters. The van der Waals surface area contributed by atoms with Gasteiger partial charge in [-0.15, -0.1) is 0 Å². The fourth-order valence-electron chi connectivity index (χ4n) is 5.22. The highest BCUT2D eigenvalue weighted by atomic mass is 79.9. The quantitative estimate of drug-likeness (QED) is 0.229. The highest BCUT2D eigenvalue weighted by Gasteiger charge is 2.24. The number of H-pyrrole nitrogens is 1. The van der Waals surface area contributed by atoms with Gasteiger partial charge in [-0.25, -0.2) is 0 Å². The van der Waals surface area contributed by atoms with E-state index in [2.05, 4.69) is 134 Å². The first-order valence-electron chi connectivity index (χ1n) is 11.6. The topological polar surface area (TPSA) is 20.7 Å². The Labute approximate surface area is 211 Å². The second-order valence-electron chi connectivity index (χ2n) is 8.68. The van der Waals surface area contributed by atoms with Crippen LogP contribution < -0.4 is 0 Å². The zero-order chi connectivity index (χ0) is 23.4. The van der Waals surface area contributed by atoms with Crippen LogP contribution in [-0.4, -0.2) is 9.55 Å². The predicted molar refractivity (Wildman–Crippen MR) is 150 cm³/mol. The molecule has 0 spiro atoms. The van der Waals surface area contributed by atoms with Crippen molar-refractivity contribution in [1.29, 1.82) is 0 Å². The third-order valence-corrected chi connectivity index (χ3v) is 7.17. The number of hydrogen-bond acceptors (Lipinski definition) is 0. The summed E-state index contributed by atoms with van der Waals surface area (Å²) in [5.74, 6) is 0. The molecule has 2 aromatic heterocycles. The first kappa shape index (κ1) is 20.1. The average Bonchev–Trinajstić information content (AvgIpc) is 3.46. The van der Waals surface area contributed by atoms with Gasteiger partial charge in [-0.1, -0.05) is 94.1 Å². The Morgan fingerprint density at radius 2 is 1.51 bits per heavy atom. The maximum atomic E-state index is 3.75. The zero-order valence-corrected chi connectivity index (χ0v) is 20.3. The molecule has 0 fully saturated rings. The van der Waals surface area contributed by atoms with Gasteiger partial charge in [0.15, 0.2) is 0 Å². The molecule has 164 valence electrons. The molecule has 0 amide bonds. The van der Waals surface area contributed by atoms with Crippen molar-refractivity contribution in [2.45, 2.75) is 0 Å². The summed E-state index contributed by atoms with van der Waals surface area (Å²) in [6.07, 6.45) is 6.04. The number of aromatic nitrogens is 2. The zero-order valence-electron chi connectivity index (χ0n) is 18.7. The summed E-state index contributed by atoms with van der Waals surface area (Å²) < 4.78 is 3.44. The largest absolute Gasteiger partial charge is 0.354 e. The van der Waals surface area contributed by atoms with Crippen molar-refractivity contribution in [3.05, 3.63) is 125 Å². The Morgan fingerprint density at radius 1 is 0.743 bits per heavy atom. The molecule has 0 unspecified atom stereocenters. The smallest absolute Gasteiger partial charge is 0.0620 e. The van der Waals surface area contributed by atoms with E-state index >= 15 is 0 Å². The standard InChI is InChI=1S/C32H19BrN2/c33-23-16-18-27-26(20-23)25-17-19-28-30(31(25)34-27)29(21-10-4-1-5-11-21)32(22-12-6-2-7-13-22)35(28)24-14-8-3-9-15-24/h1-2,4-8,10-20,34H. The summed E-state index contributed by atoms with van der Waals surface area (Å²) >= 11 is 3.66. The molecule has 0 saturated heterocycles. The minimum absolute atomic E-state index is 1.06. The minimum atomic E-state index is 1.06. The summed E-state index contributed by atoms with van der Waals surface area (Å²) in [5.41, 5.74) is 15.4. The van der Waals surface area contributed by atoms with E-state index in [9.17, 15) is 0 Å². The first-order chi connectivity index (χ1) is 17.3. The molecule has 0 bridgehead atoms. The molecule has 0 saturated carbocycles. The van der Waals surface area contributed by atoms with Crippen molar-refractivity contribution in [2.75, 3.05) is 0 Å². The molecule has 3 heteroatoms. The number of allylic oxidation sites excluding steroid dienone is 4. The fourth-order valence-corrected chi connectivity index (χ4v) is 5.58. The number of halogens is 1. The van der Waals surface area contributed by atoms with Crippen LogP contribution in [0.3, 0.4) is 0 Å². The number of aromatic amines is 1. The highest BCUT2D eigenvalue weighted by molar-refractivity contribution is 9.10. The molecule has 0 aliphatic heterocycles. The van der Waals surface area contributed by atoms with Gasteiger partial charge in [-0.2, -0.15) is 0 Å². The van der Waals surface area contributed by atoms with Crippen LogP contribution in [0.5, 0.6) is 0 Å². The van der Waals surface area contributed by atoms with Crippen molar-refractivity contribution in [2.24, 2.45) is 0 Å². The fraction of sp³-hybridized carbons (Fsp3) is 0. The first-order valence-corrected chi connectivity index (χ1v) is 12.4. The normalized spacial score (nSPS) is 12.8. The van der Waals surface area contributed by atoms with E-state index < -0.39 is 0 Å². The van der Waals surface area contributed by atoms with Crippen molar-refractivity contribution in [3.8, 4) is 22.4 Å². The molecular formula is C32H19BrN2. The third kappa shape index (κ3) is 3.11. The van der Waals surface area contributed by atoms with Crippen LogP contribution in [0.15, 0.2) is 125 Å². The second-order valence-corrected chi connectivity index (χ2v) is 9.60. The molecule has 2 nitrogen and oxygen atoms in total. The molecule has 6 aromatic rings. The maximum absolute atomic E-state index is 3.75. The van der Waals surface area contributed by atoms with Gasteiger partial charge < -0.3 is 9.55 Å². The maximum Gasteiger partial charge on any atom is 0.0620 e. The van der Waals surface area contributed by atoms with Gasteiger partial charge in [0.1, 0.15) is 0 Å². The number of hydrogen-bond donors (Lipinski definition) is 1. The van der Waals surface area contributed by atoms with Crippen LogP contribution in [0.4, 0.5) is 0 Å². The lowest BCUT2D eigenvalue weighted by atomic mass is 9.97. The number of rotatable bonds is 3. The van der Waals surface area contributed by atoms with Gasteiger partial charge in [0.05, 0.1) is 22.4 Å². The number of nitrogens with one attached hydrogen (secondary N) is 1. The van der Waals surface area contributed by atoms with Gasteiger partial charge in [0.25, 0.3) is 0 Å². The number of fused-ring (bicyclic) bond motifs is 5. The molecule has 7 rings (SSSR count). The molecule has 4 aromatic carbocycles. The summed E-state index contributed by atoms with van der Waals surface area (Å²) in [6.45, 7) is 0.